The van der Waals surface area contributed by atoms with Crippen LogP contribution >= 0.6 is 0 Å². The summed E-state index contributed by atoms with van der Waals surface area (Å²) in [5, 5.41) is 11.7. The van der Waals surface area contributed by atoms with Crippen molar-refractivity contribution in [3.63, 3.8) is 0 Å². The van der Waals surface area contributed by atoms with Crippen molar-refractivity contribution in [1.82, 2.24) is 0 Å². The Morgan fingerprint density at radius 1 is 1.00 bits per heavy atom. The third-order valence-electron chi connectivity index (χ3n) is 4.28. The van der Waals surface area contributed by atoms with Crippen molar-refractivity contribution in [3.8, 4) is 5.75 Å². The summed E-state index contributed by atoms with van der Waals surface area (Å²) in [4.78, 5) is 35.1. The summed E-state index contributed by atoms with van der Waals surface area (Å²) in [7, 11) is 1.57. The molecule has 0 aliphatic carbocycles. The van der Waals surface area contributed by atoms with E-state index < -0.39 is 11.9 Å². The Labute approximate surface area is 158 Å². The molecule has 2 N–H and O–H groups in total. The molecule has 0 aromatic heterocycles. The molecule has 2 rings (SSSR count). The van der Waals surface area contributed by atoms with Crippen LogP contribution in [0, 0.1) is 0 Å². The van der Waals surface area contributed by atoms with Crippen molar-refractivity contribution in [3.05, 3.63) is 59.7 Å². The smallest absolute Gasteiger partial charge is 0.310 e. The summed E-state index contributed by atoms with van der Waals surface area (Å²) < 4.78 is 5.06. The van der Waals surface area contributed by atoms with Gasteiger partial charge in [-0.15, -0.1) is 0 Å². The fraction of sp³-hybridized carbons (Fsp3) is 0.286. The highest BCUT2D eigenvalue weighted by Crippen LogP contribution is 2.19. The molecule has 2 aromatic rings. The quantitative estimate of drug-likeness (QED) is 0.655. The molecule has 27 heavy (non-hydrogen) atoms. The van der Waals surface area contributed by atoms with Gasteiger partial charge in [0, 0.05) is 24.1 Å². The number of carbonyl (C=O) groups is 3. The number of methoxy groups -OCH3 is 1. The van der Waals surface area contributed by atoms with E-state index in [2.05, 4.69) is 5.32 Å². The van der Waals surface area contributed by atoms with Gasteiger partial charge in [0.15, 0.2) is 5.78 Å². The minimum absolute atomic E-state index is 0.0162. The number of aliphatic carboxylic acids is 1. The van der Waals surface area contributed by atoms with Crippen LogP contribution in [0.3, 0.4) is 0 Å². The first-order valence-corrected chi connectivity index (χ1v) is 8.70. The van der Waals surface area contributed by atoms with Gasteiger partial charge in [0.1, 0.15) is 5.75 Å². The number of rotatable bonds is 9. The Morgan fingerprint density at radius 3 is 2.19 bits per heavy atom. The topological polar surface area (TPSA) is 92.7 Å². The maximum Gasteiger partial charge on any atom is 0.310 e. The number of ketones is 1. The number of anilines is 1. The summed E-state index contributed by atoms with van der Waals surface area (Å²) >= 11 is 0. The van der Waals surface area contributed by atoms with Crippen molar-refractivity contribution in [2.45, 2.75) is 32.1 Å². The Balaban J connectivity index is 1.78. The number of amides is 1. The van der Waals surface area contributed by atoms with E-state index in [-0.39, 0.29) is 24.5 Å². The number of hydrogen-bond donors (Lipinski definition) is 2. The normalized spacial score (nSPS) is 11.5. The SMILES string of the molecule is COc1ccc(C(=O)CCCC(=O)Nc2ccc(C(C)C(=O)O)cc2)cc1. The van der Waals surface area contributed by atoms with Crippen LogP contribution in [0.25, 0.3) is 0 Å². The van der Waals surface area contributed by atoms with Gasteiger partial charge in [0.2, 0.25) is 5.91 Å². The number of ether oxygens (including phenoxy) is 1. The zero-order chi connectivity index (χ0) is 19.8. The summed E-state index contributed by atoms with van der Waals surface area (Å²) in [6.45, 7) is 1.61. The average molecular weight is 369 g/mol. The van der Waals surface area contributed by atoms with Crippen LogP contribution in [0.15, 0.2) is 48.5 Å². The summed E-state index contributed by atoms with van der Waals surface area (Å²) in [6.07, 6.45) is 0.967. The third kappa shape index (κ3) is 5.95. The lowest BCUT2D eigenvalue weighted by atomic mass is 10.0. The Morgan fingerprint density at radius 2 is 1.63 bits per heavy atom. The molecule has 0 aliphatic heterocycles. The lowest BCUT2D eigenvalue weighted by Gasteiger charge is -2.09. The molecule has 0 saturated heterocycles. The molecule has 0 aliphatic rings. The maximum absolute atomic E-state index is 12.1. The lowest BCUT2D eigenvalue weighted by Crippen LogP contribution is -2.12. The van der Waals surface area contributed by atoms with Crippen molar-refractivity contribution in [1.29, 1.82) is 0 Å². The molecular formula is C21H23NO5. The largest absolute Gasteiger partial charge is 0.497 e. The van der Waals surface area contributed by atoms with E-state index in [4.69, 9.17) is 9.84 Å². The second kappa shape index (κ2) is 9.52. The third-order valence-corrected chi connectivity index (χ3v) is 4.28. The van der Waals surface area contributed by atoms with E-state index in [9.17, 15) is 14.4 Å². The second-order valence-corrected chi connectivity index (χ2v) is 6.24. The predicted octanol–water partition coefficient (Wildman–Crippen LogP) is 3.88. The van der Waals surface area contributed by atoms with Crippen molar-refractivity contribution in [2.75, 3.05) is 12.4 Å². The van der Waals surface area contributed by atoms with E-state index in [1.165, 1.54) is 0 Å². The number of Topliss-reactive ketones (excluding diaryl/α,β-unsaturated/α-hetero) is 1. The number of carboxylic acids is 1. The molecule has 0 saturated carbocycles. The second-order valence-electron chi connectivity index (χ2n) is 6.24. The first kappa shape index (κ1) is 20.2. The van der Waals surface area contributed by atoms with Crippen LogP contribution in [0.5, 0.6) is 5.75 Å². The van der Waals surface area contributed by atoms with E-state index in [1.54, 1.807) is 62.6 Å². The molecule has 1 amide bonds. The Hall–Kier alpha value is -3.15. The molecule has 2 aromatic carbocycles. The molecule has 1 atom stereocenters. The van der Waals surface area contributed by atoms with Gasteiger partial charge in [-0.05, 0) is 55.3 Å². The number of carbonyl (C=O) groups excluding carboxylic acids is 2. The molecule has 1 unspecified atom stereocenters. The molecule has 0 fully saturated rings. The van der Waals surface area contributed by atoms with Gasteiger partial charge in [-0.25, -0.2) is 0 Å². The fourth-order valence-corrected chi connectivity index (χ4v) is 2.55. The van der Waals surface area contributed by atoms with Gasteiger partial charge in [-0.2, -0.15) is 0 Å². The van der Waals surface area contributed by atoms with E-state index in [0.29, 0.717) is 29.0 Å². The zero-order valence-electron chi connectivity index (χ0n) is 15.4. The monoisotopic (exact) mass is 369 g/mol. The molecule has 0 bridgehead atoms. The lowest BCUT2D eigenvalue weighted by molar-refractivity contribution is -0.138. The van der Waals surface area contributed by atoms with Crippen molar-refractivity contribution < 1.29 is 24.2 Å². The first-order chi connectivity index (χ1) is 12.9. The molecule has 6 heteroatoms. The van der Waals surface area contributed by atoms with Crippen molar-refractivity contribution in [2.24, 2.45) is 0 Å². The zero-order valence-corrected chi connectivity index (χ0v) is 15.4. The summed E-state index contributed by atoms with van der Waals surface area (Å²) in [5.41, 5.74) is 1.87. The highest BCUT2D eigenvalue weighted by molar-refractivity contribution is 5.97. The van der Waals surface area contributed by atoms with Crippen LogP contribution in [0.4, 0.5) is 5.69 Å². The number of hydrogen-bond acceptors (Lipinski definition) is 4. The molecule has 0 radical (unpaired) electrons. The molecule has 0 heterocycles. The molecule has 142 valence electrons. The number of nitrogens with one attached hydrogen (secondary N) is 1. The van der Waals surface area contributed by atoms with Crippen LogP contribution in [-0.4, -0.2) is 29.9 Å². The number of carboxylic acid groups (broad SMARTS) is 1. The summed E-state index contributed by atoms with van der Waals surface area (Å²) in [6, 6.07) is 13.6. The van der Waals surface area contributed by atoms with Gasteiger partial charge in [-0.3, -0.25) is 14.4 Å². The maximum atomic E-state index is 12.1. The summed E-state index contributed by atoms with van der Waals surface area (Å²) in [5.74, 6) is -1.00. The Kier molecular flexibility index (Phi) is 7.11. The Bertz CT molecular complexity index is 796. The van der Waals surface area contributed by atoms with E-state index >= 15 is 0 Å². The van der Waals surface area contributed by atoms with Crippen LogP contribution in [-0.2, 0) is 9.59 Å². The van der Waals surface area contributed by atoms with Crippen molar-refractivity contribution >= 4 is 23.3 Å². The standard InChI is InChI=1S/C21H23NO5/c1-14(21(25)26)15-6-10-17(11-7-15)22-20(24)5-3-4-19(23)16-8-12-18(27-2)13-9-16/h6-14H,3-5H2,1-2H3,(H,22,24)(H,25,26). The number of benzene rings is 2. The van der Waals surface area contributed by atoms with Gasteiger partial charge < -0.3 is 15.2 Å². The van der Waals surface area contributed by atoms with Gasteiger partial charge in [0.05, 0.1) is 13.0 Å². The minimum Gasteiger partial charge on any atom is -0.497 e. The van der Waals surface area contributed by atoms with Gasteiger partial charge >= 0.3 is 5.97 Å². The van der Waals surface area contributed by atoms with Gasteiger partial charge in [0.25, 0.3) is 0 Å². The fourth-order valence-electron chi connectivity index (χ4n) is 2.55. The van der Waals surface area contributed by atoms with E-state index in [1.807, 2.05) is 0 Å². The highest BCUT2D eigenvalue weighted by atomic mass is 16.5. The van der Waals surface area contributed by atoms with Crippen LogP contribution in [0.2, 0.25) is 0 Å². The minimum atomic E-state index is -0.895. The molecule has 0 spiro atoms. The van der Waals surface area contributed by atoms with E-state index in [0.717, 1.165) is 0 Å². The molecule has 6 nitrogen and oxygen atoms in total. The van der Waals surface area contributed by atoms with Crippen LogP contribution < -0.4 is 10.1 Å². The van der Waals surface area contributed by atoms with Gasteiger partial charge in [-0.1, -0.05) is 12.1 Å². The first-order valence-electron chi connectivity index (χ1n) is 8.70. The van der Waals surface area contributed by atoms with Crippen LogP contribution in [0.1, 0.15) is 48.0 Å². The average Bonchev–Trinajstić information content (AvgIpc) is 2.68. The highest BCUT2D eigenvalue weighted by Gasteiger charge is 2.13. The predicted molar refractivity (Wildman–Crippen MR) is 102 cm³/mol. The molecular weight excluding hydrogens is 346 g/mol.